The van der Waals surface area contributed by atoms with Gasteiger partial charge in [-0.2, -0.15) is 0 Å². The van der Waals surface area contributed by atoms with Crippen molar-refractivity contribution in [2.75, 3.05) is 19.8 Å². The molecule has 0 saturated carbocycles. The summed E-state index contributed by atoms with van der Waals surface area (Å²) in [5.74, 6) is -0.413. The van der Waals surface area contributed by atoms with Crippen molar-refractivity contribution in [1.29, 1.82) is 0 Å². The van der Waals surface area contributed by atoms with E-state index in [-0.39, 0.29) is 25.2 Å². The second kappa shape index (κ2) is 51.0. The van der Waals surface area contributed by atoms with Crippen molar-refractivity contribution in [1.82, 2.24) is 0 Å². The highest BCUT2D eigenvalue weighted by atomic mass is 16.6. The molecule has 1 atom stereocenters. The highest BCUT2D eigenvalue weighted by Crippen LogP contribution is 2.15. The number of allylic oxidation sites excluding steroid dienone is 10. The summed E-state index contributed by atoms with van der Waals surface area (Å²) in [6.07, 6.45) is 63.6. The SMILES string of the molecule is CC/C=C\C/C=C\C/C=C\CCCCCCCCOCC(COC(=O)CCCCCCC/C=C\C/C=C\CCCCC)OC(=O)CCCCCCCCCCCCCCC. The van der Waals surface area contributed by atoms with E-state index < -0.39 is 6.10 Å². The maximum absolute atomic E-state index is 12.8. The summed E-state index contributed by atoms with van der Waals surface area (Å²) < 4.78 is 17.4. The molecular weight excluding hydrogens is 741 g/mol. The molecule has 0 heterocycles. The van der Waals surface area contributed by atoms with Crippen molar-refractivity contribution < 1.29 is 23.8 Å². The maximum Gasteiger partial charge on any atom is 0.306 e. The van der Waals surface area contributed by atoms with E-state index in [1.807, 2.05) is 0 Å². The Morgan fingerprint density at radius 2 is 0.750 bits per heavy atom. The van der Waals surface area contributed by atoms with Gasteiger partial charge in [-0.15, -0.1) is 0 Å². The van der Waals surface area contributed by atoms with Gasteiger partial charge in [-0.25, -0.2) is 0 Å². The van der Waals surface area contributed by atoms with Crippen LogP contribution in [0.15, 0.2) is 60.8 Å². The molecule has 0 fully saturated rings. The minimum Gasteiger partial charge on any atom is -0.462 e. The van der Waals surface area contributed by atoms with Gasteiger partial charge in [-0.1, -0.05) is 216 Å². The zero-order valence-corrected chi connectivity index (χ0v) is 40.0. The molecule has 0 aromatic heterocycles. The Bertz CT molecular complexity index is 1040. The number of carbonyl (C=O) groups is 2. The molecule has 0 rings (SSSR count). The van der Waals surface area contributed by atoms with Crippen molar-refractivity contribution in [3.05, 3.63) is 60.8 Å². The van der Waals surface area contributed by atoms with Gasteiger partial charge in [0.1, 0.15) is 6.61 Å². The van der Waals surface area contributed by atoms with Crippen molar-refractivity contribution >= 4 is 11.9 Å². The van der Waals surface area contributed by atoms with E-state index in [1.165, 1.54) is 135 Å². The summed E-state index contributed by atoms with van der Waals surface area (Å²) in [6.45, 7) is 7.67. The lowest BCUT2D eigenvalue weighted by Gasteiger charge is -2.18. The minimum absolute atomic E-state index is 0.0739. The van der Waals surface area contributed by atoms with Crippen LogP contribution < -0.4 is 0 Å². The number of esters is 2. The van der Waals surface area contributed by atoms with Crippen LogP contribution in [0.2, 0.25) is 0 Å². The van der Waals surface area contributed by atoms with Crippen LogP contribution in [0.4, 0.5) is 0 Å². The normalized spacial score (nSPS) is 12.7. The Kier molecular flexibility index (Phi) is 48.9. The smallest absolute Gasteiger partial charge is 0.306 e. The Hall–Kier alpha value is -2.40. The van der Waals surface area contributed by atoms with Crippen LogP contribution in [-0.2, 0) is 23.8 Å². The highest BCUT2D eigenvalue weighted by Gasteiger charge is 2.17. The monoisotopic (exact) mass is 839 g/mol. The van der Waals surface area contributed by atoms with Crippen molar-refractivity contribution in [3.8, 4) is 0 Å². The van der Waals surface area contributed by atoms with E-state index in [4.69, 9.17) is 14.2 Å². The van der Waals surface area contributed by atoms with Crippen LogP contribution in [0.3, 0.4) is 0 Å². The topological polar surface area (TPSA) is 61.8 Å². The standard InChI is InChI=1S/C55H98O5/c1-4-7-10-13-16-19-22-25-27-29-32-35-38-41-44-47-50-58-51-53(60-55(57)49-46-43-40-37-34-30-24-21-18-15-12-9-6-3)52-59-54(56)48-45-42-39-36-33-31-28-26-23-20-17-14-11-8-5-2/h7,10,16-17,19-20,25-28,53H,4-6,8-9,11-15,18,21-24,29-52H2,1-3H3/b10-7-,19-16-,20-17-,27-25-,28-26-. The molecule has 1 unspecified atom stereocenters. The molecule has 5 heteroatoms. The van der Waals surface area contributed by atoms with Crippen LogP contribution in [0.5, 0.6) is 0 Å². The number of ether oxygens (including phenoxy) is 3. The van der Waals surface area contributed by atoms with Gasteiger partial charge in [0, 0.05) is 19.4 Å². The molecule has 0 bridgehead atoms. The fourth-order valence-corrected chi connectivity index (χ4v) is 7.20. The number of unbranched alkanes of at least 4 members (excludes halogenated alkanes) is 26. The Morgan fingerprint density at radius 3 is 1.23 bits per heavy atom. The molecule has 0 aromatic carbocycles. The van der Waals surface area contributed by atoms with E-state index in [0.29, 0.717) is 19.4 Å². The average Bonchev–Trinajstić information content (AvgIpc) is 3.25. The zero-order chi connectivity index (χ0) is 43.5. The number of carbonyl (C=O) groups excluding carboxylic acids is 2. The summed E-state index contributed by atoms with van der Waals surface area (Å²) in [4.78, 5) is 25.4. The highest BCUT2D eigenvalue weighted by molar-refractivity contribution is 5.70. The molecule has 0 radical (unpaired) electrons. The molecule has 0 aromatic rings. The van der Waals surface area contributed by atoms with Crippen molar-refractivity contribution in [3.63, 3.8) is 0 Å². The molecule has 5 nitrogen and oxygen atoms in total. The molecule has 0 aliphatic heterocycles. The van der Waals surface area contributed by atoms with Crippen molar-refractivity contribution in [2.45, 2.75) is 258 Å². The number of hydrogen-bond acceptors (Lipinski definition) is 5. The van der Waals surface area contributed by atoms with Crippen molar-refractivity contribution in [2.24, 2.45) is 0 Å². The molecule has 60 heavy (non-hydrogen) atoms. The molecule has 0 aliphatic carbocycles. The summed E-state index contributed by atoms with van der Waals surface area (Å²) in [5.41, 5.74) is 0. The largest absolute Gasteiger partial charge is 0.462 e. The second-order valence-corrected chi connectivity index (χ2v) is 17.0. The van der Waals surface area contributed by atoms with Gasteiger partial charge in [0.05, 0.1) is 6.61 Å². The van der Waals surface area contributed by atoms with E-state index in [1.54, 1.807) is 0 Å². The molecule has 0 aliphatic rings. The quantitative estimate of drug-likeness (QED) is 0.0347. The van der Waals surface area contributed by atoms with Gasteiger partial charge in [0.2, 0.25) is 0 Å². The van der Waals surface area contributed by atoms with Gasteiger partial charge in [0.25, 0.3) is 0 Å². The summed E-state index contributed by atoms with van der Waals surface area (Å²) in [7, 11) is 0. The third-order valence-electron chi connectivity index (χ3n) is 11.0. The Labute approximate surface area is 373 Å². The third kappa shape index (κ3) is 48.3. The van der Waals surface area contributed by atoms with Crippen LogP contribution >= 0.6 is 0 Å². The minimum atomic E-state index is -0.547. The summed E-state index contributed by atoms with van der Waals surface area (Å²) in [5, 5.41) is 0. The maximum atomic E-state index is 12.8. The summed E-state index contributed by atoms with van der Waals surface area (Å²) in [6, 6.07) is 0. The van der Waals surface area contributed by atoms with E-state index >= 15 is 0 Å². The van der Waals surface area contributed by atoms with Crippen LogP contribution in [0.1, 0.15) is 252 Å². The molecule has 0 spiro atoms. The average molecular weight is 839 g/mol. The van der Waals surface area contributed by atoms with Crippen LogP contribution in [0, 0.1) is 0 Å². The van der Waals surface area contributed by atoms with Gasteiger partial charge >= 0.3 is 11.9 Å². The lowest BCUT2D eigenvalue weighted by molar-refractivity contribution is -0.163. The molecule has 348 valence electrons. The predicted molar refractivity (Wildman–Crippen MR) is 261 cm³/mol. The van der Waals surface area contributed by atoms with Crippen LogP contribution in [-0.4, -0.2) is 37.9 Å². The molecule has 0 amide bonds. The third-order valence-corrected chi connectivity index (χ3v) is 11.0. The first kappa shape index (κ1) is 57.6. The van der Waals surface area contributed by atoms with Crippen LogP contribution in [0.25, 0.3) is 0 Å². The predicted octanol–water partition coefficient (Wildman–Crippen LogP) is 17.3. The summed E-state index contributed by atoms with van der Waals surface area (Å²) >= 11 is 0. The van der Waals surface area contributed by atoms with Gasteiger partial charge in [-0.3, -0.25) is 9.59 Å². The lowest BCUT2D eigenvalue weighted by Crippen LogP contribution is -2.30. The second-order valence-electron chi connectivity index (χ2n) is 17.0. The van der Waals surface area contributed by atoms with E-state index in [0.717, 1.165) is 83.5 Å². The van der Waals surface area contributed by atoms with E-state index in [9.17, 15) is 9.59 Å². The van der Waals surface area contributed by atoms with Gasteiger partial charge in [-0.05, 0) is 83.5 Å². The van der Waals surface area contributed by atoms with E-state index in [2.05, 4.69) is 81.5 Å². The van der Waals surface area contributed by atoms with Gasteiger partial charge in [0.15, 0.2) is 6.10 Å². The zero-order valence-electron chi connectivity index (χ0n) is 40.0. The fourth-order valence-electron chi connectivity index (χ4n) is 7.20. The van der Waals surface area contributed by atoms with Gasteiger partial charge < -0.3 is 14.2 Å². The number of rotatable bonds is 47. The first-order chi connectivity index (χ1) is 29.6. The lowest BCUT2D eigenvalue weighted by atomic mass is 10.0. The first-order valence-electron chi connectivity index (χ1n) is 25.8. The first-order valence-corrected chi connectivity index (χ1v) is 25.8. The molecule has 0 N–H and O–H groups in total. The Balaban J connectivity index is 4.30. The fraction of sp³-hybridized carbons (Fsp3) is 0.782. The molecular formula is C55H98O5. The number of hydrogen-bond donors (Lipinski definition) is 0. The Morgan fingerprint density at radius 1 is 0.383 bits per heavy atom. The molecule has 0 saturated heterocycles.